The first-order valence-corrected chi connectivity index (χ1v) is 10.3. The summed E-state index contributed by atoms with van der Waals surface area (Å²) < 4.78 is 34.9. The van der Waals surface area contributed by atoms with Crippen LogP contribution in [0.2, 0.25) is 5.02 Å². The Kier molecular flexibility index (Phi) is 4.99. The summed E-state index contributed by atoms with van der Waals surface area (Å²) in [6.45, 7) is 0. The van der Waals surface area contributed by atoms with Crippen molar-refractivity contribution in [2.45, 2.75) is 5.72 Å². The molecular weight excluding hydrogens is 470 g/mol. The molecule has 34 heavy (non-hydrogen) atoms. The van der Waals surface area contributed by atoms with Crippen molar-refractivity contribution in [3.63, 3.8) is 0 Å². The molecule has 172 valence electrons. The van der Waals surface area contributed by atoms with Gasteiger partial charge in [-0.1, -0.05) is 35.9 Å². The molecule has 5 rings (SSSR count). The van der Waals surface area contributed by atoms with E-state index in [9.17, 15) is 19.1 Å². The maximum atomic E-state index is 15.0. The summed E-state index contributed by atoms with van der Waals surface area (Å²) in [4.78, 5) is 32.4. The number of aromatic amines is 1. The molecule has 3 aromatic carbocycles. The van der Waals surface area contributed by atoms with E-state index in [0.29, 0.717) is 15.9 Å². The topological polar surface area (TPSA) is 108 Å². The SMILES string of the molecule is CNC(=O)Oc1nc2ccc(C3(O)c4ccccc4C(=O)N3c3c(F)ccc(Cl)c3F)cc2[nH]1. The Morgan fingerprint density at radius 2 is 1.97 bits per heavy atom. The van der Waals surface area contributed by atoms with Crippen LogP contribution in [0.4, 0.5) is 19.3 Å². The molecule has 0 aliphatic carbocycles. The van der Waals surface area contributed by atoms with Crippen molar-refractivity contribution in [1.29, 1.82) is 0 Å². The van der Waals surface area contributed by atoms with Gasteiger partial charge in [0, 0.05) is 23.7 Å². The van der Waals surface area contributed by atoms with Gasteiger partial charge in [0.2, 0.25) is 0 Å². The van der Waals surface area contributed by atoms with Gasteiger partial charge in [0.25, 0.3) is 5.91 Å². The van der Waals surface area contributed by atoms with Crippen molar-refractivity contribution < 1.29 is 28.2 Å². The fourth-order valence-electron chi connectivity index (χ4n) is 4.02. The lowest BCUT2D eigenvalue weighted by atomic mass is 9.93. The van der Waals surface area contributed by atoms with Crippen LogP contribution in [0.5, 0.6) is 6.01 Å². The van der Waals surface area contributed by atoms with Gasteiger partial charge in [-0.15, -0.1) is 0 Å². The van der Waals surface area contributed by atoms with Gasteiger partial charge in [-0.25, -0.2) is 13.6 Å². The van der Waals surface area contributed by atoms with Crippen LogP contribution in [0.25, 0.3) is 11.0 Å². The van der Waals surface area contributed by atoms with Gasteiger partial charge in [-0.3, -0.25) is 9.69 Å². The Labute approximate surface area is 195 Å². The predicted molar refractivity (Wildman–Crippen MR) is 119 cm³/mol. The molecule has 2 heterocycles. The molecule has 1 aromatic heterocycles. The molecule has 1 aliphatic rings. The molecule has 0 saturated carbocycles. The predicted octanol–water partition coefficient (Wildman–Crippen LogP) is 4.07. The molecule has 0 fully saturated rings. The van der Waals surface area contributed by atoms with E-state index in [0.717, 1.165) is 12.1 Å². The number of anilines is 1. The van der Waals surface area contributed by atoms with Gasteiger partial charge >= 0.3 is 12.1 Å². The first kappa shape index (κ1) is 21.8. The van der Waals surface area contributed by atoms with Crippen LogP contribution in [0, 0.1) is 11.6 Å². The number of aromatic nitrogens is 2. The number of benzene rings is 3. The van der Waals surface area contributed by atoms with E-state index >= 15 is 4.39 Å². The number of carbonyl (C=O) groups excluding carboxylic acids is 2. The molecule has 0 saturated heterocycles. The highest BCUT2D eigenvalue weighted by molar-refractivity contribution is 6.31. The lowest BCUT2D eigenvalue weighted by Crippen LogP contribution is -2.46. The van der Waals surface area contributed by atoms with E-state index in [1.807, 2.05) is 0 Å². The molecule has 1 unspecified atom stereocenters. The molecule has 3 N–H and O–H groups in total. The van der Waals surface area contributed by atoms with Crippen molar-refractivity contribution in [1.82, 2.24) is 15.3 Å². The normalized spacial score (nSPS) is 17.2. The first-order valence-electron chi connectivity index (χ1n) is 9.95. The number of nitrogens with zero attached hydrogens (tertiary/aromatic N) is 2. The molecule has 1 atom stereocenters. The third-order valence-electron chi connectivity index (χ3n) is 5.56. The summed E-state index contributed by atoms with van der Waals surface area (Å²) in [5.74, 6) is -3.08. The Bertz CT molecular complexity index is 1490. The molecule has 2 amide bonds. The number of hydrogen-bond acceptors (Lipinski definition) is 5. The minimum Gasteiger partial charge on any atom is -0.375 e. The summed E-state index contributed by atoms with van der Waals surface area (Å²) in [5, 5.41) is 13.9. The average Bonchev–Trinajstić information content (AvgIpc) is 3.33. The summed E-state index contributed by atoms with van der Waals surface area (Å²) in [5.41, 5.74) is -2.06. The van der Waals surface area contributed by atoms with Crippen molar-refractivity contribution in [3.8, 4) is 6.01 Å². The van der Waals surface area contributed by atoms with Crippen LogP contribution in [-0.2, 0) is 5.72 Å². The number of aliphatic hydroxyl groups is 1. The lowest BCUT2D eigenvalue weighted by Gasteiger charge is -2.35. The van der Waals surface area contributed by atoms with Crippen molar-refractivity contribution in [2.24, 2.45) is 0 Å². The second kappa shape index (κ2) is 7.79. The molecule has 0 bridgehead atoms. The fraction of sp³-hybridized carbons (Fsp3) is 0.0870. The second-order valence-electron chi connectivity index (χ2n) is 7.46. The molecule has 4 aromatic rings. The van der Waals surface area contributed by atoms with Crippen LogP contribution in [0.3, 0.4) is 0 Å². The van der Waals surface area contributed by atoms with Gasteiger partial charge < -0.3 is 20.1 Å². The maximum Gasteiger partial charge on any atom is 0.414 e. The number of H-pyrrole nitrogens is 1. The van der Waals surface area contributed by atoms with Crippen LogP contribution in [0.1, 0.15) is 21.5 Å². The Morgan fingerprint density at radius 1 is 1.21 bits per heavy atom. The number of carbonyl (C=O) groups is 2. The van der Waals surface area contributed by atoms with Gasteiger partial charge in [0.05, 0.1) is 16.1 Å². The summed E-state index contributed by atoms with van der Waals surface area (Å²) in [6.07, 6.45) is -0.744. The number of halogens is 3. The second-order valence-corrected chi connectivity index (χ2v) is 7.87. The quantitative estimate of drug-likeness (QED) is 0.380. The van der Waals surface area contributed by atoms with E-state index in [4.69, 9.17) is 16.3 Å². The lowest BCUT2D eigenvalue weighted by molar-refractivity contribution is 0.0693. The fourth-order valence-corrected chi connectivity index (χ4v) is 4.17. The van der Waals surface area contributed by atoms with Gasteiger partial charge in [-0.05, 0) is 30.3 Å². The number of hydrogen-bond donors (Lipinski definition) is 3. The number of nitrogens with one attached hydrogen (secondary N) is 2. The Morgan fingerprint density at radius 3 is 2.74 bits per heavy atom. The zero-order valence-electron chi connectivity index (χ0n) is 17.4. The Balaban J connectivity index is 1.73. The van der Waals surface area contributed by atoms with Gasteiger partial charge in [0.15, 0.2) is 11.5 Å². The zero-order chi connectivity index (χ0) is 24.2. The standard InChI is InChI=1S/C23H15ClF2N4O4/c1-27-22(32)34-21-28-16-9-6-11(10-17(16)29-21)23(33)13-5-3-2-4-12(13)20(31)30(23)19-15(25)8-7-14(24)18(19)26/h2-10,33H,1H3,(H,27,32)(H,28,29). The van der Waals surface area contributed by atoms with Crippen molar-refractivity contribution in [2.75, 3.05) is 11.9 Å². The molecule has 1 aliphatic heterocycles. The average molecular weight is 485 g/mol. The molecule has 8 nitrogen and oxygen atoms in total. The summed E-state index contributed by atoms with van der Waals surface area (Å²) in [6, 6.07) is 12.3. The van der Waals surface area contributed by atoms with Crippen molar-refractivity contribution >= 4 is 40.3 Å². The molecule has 11 heteroatoms. The summed E-state index contributed by atoms with van der Waals surface area (Å²) in [7, 11) is 1.38. The molecular formula is C23H15ClF2N4O4. The van der Waals surface area contributed by atoms with Crippen LogP contribution < -0.4 is 15.0 Å². The molecule has 0 spiro atoms. The number of ether oxygens (including phenoxy) is 1. The first-order chi connectivity index (χ1) is 16.3. The highest BCUT2D eigenvalue weighted by atomic mass is 35.5. The van der Waals surface area contributed by atoms with Crippen molar-refractivity contribution in [3.05, 3.63) is 87.9 Å². The number of amides is 2. The van der Waals surface area contributed by atoms with Crippen LogP contribution >= 0.6 is 11.6 Å². The smallest absolute Gasteiger partial charge is 0.375 e. The Hall–Kier alpha value is -4.02. The third kappa shape index (κ3) is 3.11. The minimum absolute atomic E-state index is 0.0668. The highest BCUT2D eigenvalue weighted by Gasteiger charge is 2.52. The van der Waals surface area contributed by atoms with E-state index < -0.39 is 40.1 Å². The number of fused-ring (bicyclic) bond motifs is 2. The number of imidazole rings is 1. The monoisotopic (exact) mass is 484 g/mol. The maximum absolute atomic E-state index is 15.0. The van der Waals surface area contributed by atoms with E-state index in [2.05, 4.69) is 15.3 Å². The van der Waals surface area contributed by atoms with E-state index in [1.165, 1.54) is 37.4 Å². The zero-order valence-corrected chi connectivity index (χ0v) is 18.2. The minimum atomic E-state index is -2.29. The van der Waals surface area contributed by atoms with Gasteiger partial charge in [0.1, 0.15) is 11.5 Å². The third-order valence-corrected chi connectivity index (χ3v) is 5.85. The highest BCUT2D eigenvalue weighted by Crippen LogP contribution is 2.47. The number of rotatable bonds is 3. The van der Waals surface area contributed by atoms with Gasteiger partial charge in [-0.2, -0.15) is 4.98 Å². The van der Waals surface area contributed by atoms with Crippen LogP contribution in [-0.4, -0.2) is 34.1 Å². The van der Waals surface area contributed by atoms with E-state index in [-0.39, 0.29) is 22.7 Å². The molecule has 0 radical (unpaired) electrons. The summed E-state index contributed by atoms with van der Waals surface area (Å²) >= 11 is 5.88. The van der Waals surface area contributed by atoms with E-state index in [1.54, 1.807) is 12.1 Å². The largest absolute Gasteiger partial charge is 0.414 e. The van der Waals surface area contributed by atoms with Crippen LogP contribution in [0.15, 0.2) is 54.6 Å².